The van der Waals surface area contributed by atoms with E-state index in [0.29, 0.717) is 0 Å². The molecule has 136 valence electrons. The first-order chi connectivity index (χ1) is 0. The van der Waals surface area contributed by atoms with Crippen LogP contribution in [0, 0.1) is 0 Å². The summed E-state index contributed by atoms with van der Waals surface area (Å²) >= 11 is 0. The number of hydrogen-bond donors (Lipinski definition) is 0. The van der Waals surface area contributed by atoms with Crippen molar-refractivity contribution in [1.29, 1.82) is 0 Å². The van der Waals surface area contributed by atoms with Crippen molar-refractivity contribution in [2.24, 2.45) is 0 Å². The van der Waals surface area contributed by atoms with Crippen LogP contribution in [0.3, 0.4) is 0 Å². The smallest absolute Gasteiger partial charge is 0 e. The second kappa shape index (κ2) is 153. The minimum absolute atomic E-state index is 0. The molecule has 0 saturated carbocycles. The summed E-state index contributed by atoms with van der Waals surface area (Å²) < 4.78 is 0. The fourth-order valence-electron chi connectivity index (χ4n) is 0. The molecule has 0 amide bonds. The van der Waals surface area contributed by atoms with E-state index in [1.807, 2.05) is 0 Å². The van der Waals surface area contributed by atoms with Crippen molar-refractivity contribution in [1.82, 2.24) is 0 Å². The Labute approximate surface area is 327 Å². The Morgan fingerprint density at radius 1 is 0.0588 bits per heavy atom. The normalized spacial score (nSPS) is 0. The molecule has 0 aliphatic heterocycles. The average Bonchev–Trinajstić information content (AvgIpc) is 0. The SMILES string of the molecule is [Os].[Os].[Os].[Os].[Os].[Os].[Os].[Os].[Os].[Os].[Os].[Os].[Os].[Os].[Os].[Os].[Os]. The van der Waals surface area contributed by atoms with Crippen LogP contribution in [0.25, 0.3) is 0 Å². The van der Waals surface area contributed by atoms with Gasteiger partial charge in [-0.25, -0.2) is 0 Å². The van der Waals surface area contributed by atoms with Crippen LogP contribution in [0.2, 0.25) is 0 Å². The minimum atomic E-state index is 0. The Morgan fingerprint density at radius 2 is 0.0588 bits per heavy atom. The summed E-state index contributed by atoms with van der Waals surface area (Å²) in [6.45, 7) is 0. The molecule has 0 bridgehead atoms. The topological polar surface area (TPSA) is 0 Å². The molecule has 0 fully saturated rings. The molecular weight excluding hydrogens is 3230 g/mol. The fraction of sp³-hybridized carbons (Fsp3) is 0. The second-order valence-electron chi connectivity index (χ2n) is 0. The van der Waals surface area contributed by atoms with Crippen molar-refractivity contribution in [3.63, 3.8) is 0 Å². The van der Waals surface area contributed by atoms with Crippen LogP contribution in [0.4, 0.5) is 0 Å². The number of rotatable bonds is 0. The summed E-state index contributed by atoms with van der Waals surface area (Å²) in [5.74, 6) is 0. The summed E-state index contributed by atoms with van der Waals surface area (Å²) in [6, 6.07) is 0. The molecule has 0 aromatic carbocycles. The van der Waals surface area contributed by atoms with Crippen LogP contribution in [0.15, 0.2) is 0 Å². The van der Waals surface area contributed by atoms with Crippen LogP contribution >= 0.6 is 0 Å². The molecular formula is Os17. The molecule has 0 aliphatic rings. The van der Waals surface area contributed by atoms with Gasteiger partial charge >= 0.3 is 0 Å². The Balaban J connectivity index is 0. The van der Waals surface area contributed by atoms with Crippen LogP contribution in [0.5, 0.6) is 0 Å². The molecule has 0 aliphatic carbocycles. The summed E-state index contributed by atoms with van der Waals surface area (Å²) in [5, 5.41) is 0. The zero-order valence-corrected chi connectivity index (χ0v) is 49.2. The van der Waals surface area contributed by atoms with Crippen molar-refractivity contribution < 1.29 is 336 Å². The monoisotopic (exact) mass is 3260 g/mol. The molecule has 17 heavy (non-hydrogen) atoms. The zero-order valence-electron chi connectivity index (χ0n) is 6.01. The van der Waals surface area contributed by atoms with Gasteiger partial charge < -0.3 is 0 Å². The van der Waals surface area contributed by atoms with Crippen LogP contribution < -0.4 is 0 Å². The van der Waals surface area contributed by atoms with Crippen molar-refractivity contribution in [3.8, 4) is 0 Å². The van der Waals surface area contributed by atoms with E-state index >= 15 is 0 Å². The van der Waals surface area contributed by atoms with Gasteiger partial charge in [-0.3, -0.25) is 0 Å². The van der Waals surface area contributed by atoms with Gasteiger partial charge in [-0.15, -0.1) is 0 Å². The van der Waals surface area contributed by atoms with E-state index in [1.54, 1.807) is 0 Å². The van der Waals surface area contributed by atoms with E-state index in [9.17, 15) is 0 Å². The molecule has 0 aromatic rings. The van der Waals surface area contributed by atoms with Crippen molar-refractivity contribution >= 4 is 0 Å². The van der Waals surface area contributed by atoms with Crippen molar-refractivity contribution in [2.45, 2.75) is 0 Å². The van der Waals surface area contributed by atoms with E-state index in [4.69, 9.17) is 0 Å². The first-order valence-electron chi connectivity index (χ1n) is 0. The predicted molar refractivity (Wildman–Crippen MR) is 0 cm³/mol. The third-order valence-corrected chi connectivity index (χ3v) is 0. The largest absolute Gasteiger partial charge is 0 e. The summed E-state index contributed by atoms with van der Waals surface area (Å²) in [7, 11) is 0. The Hall–Kier alpha value is 10.8. The average molecular weight is 3230 g/mol. The summed E-state index contributed by atoms with van der Waals surface area (Å²) in [6.07, 6.45) is 0. The standard InChI is InChI=1S/17Os. The van der Waals surface area contributed by atoms with Gasteiger partial charge in [0.1, 0.15) is 0 Å². The van der Waals surface area contributed by atoms with E-state index in [-0.39, 0.29) is 336 Å². The molecule has 0 spiro atoms. The van der Waals surface area contributed by atoms with Gasteiger partial charge in [0.2, 0.25) is 0 Å². The quantitative estimate of drug-likeness (QED) is 0.320. The molecule has 0 atom stereocenters. The van der Waals surface area contributed by atoms with Gasteiger partial charge in [0, 0.05) is 336 Å². The van der Waals surface area contributed by atoms with E-state index in [1.165, 1.54) is 0 Å². The second-order valence-corrected chi connectivity index (χ2v) is 0. The van der Waals surface area contributed by atoms with E-state index in [0.717, 1.165) is 0 Å². The van der Waals surface area contributed by atoms with Crippen molar-refractivity contribution in [3.05, 3.63) is 0 Å². The van der Waals surface area contributed by atoms with Crippen molar-refractivity contribution in [2.75, 3.05) is 0 Å². The predicted octanol–water partition coefficient (Wildman–Crippen LogP) is -0.0425. The maximum absolute atomic E-state index is 0. The summed E-state index contributed by atoms with van der Waals surface area (Å²) in [4.78, 5) is 0. The first kappa shape index (κ1) is 171. The van der Waals surface area contributed by atoms with Crippen LogP contribution in [0.1, 0.15) is 0 Å². The fourth-order valence-corrected chi connectivity index (χ4v) is 0. The molecule has 0 aromatic heterocycles. The minimum Gasteiger partial charge on any atom is 0 e. The zero-order chi connectivity index (χ0) is 0. The van der Waals surface area contributed by atoms with Gasteiger partial charge in [0.05, 0.1) is 0 Å². The van der Waals surface area contributed by atoms with Gasteiger partial charge in [-0.2, -0.15) is 0 Å². The Morgan fingerprint density at radius 3 is 0.0588 bits per heavy atom. The maximum atomic E-state index is 0. The molecule has 0 saturated heterocycles. The van der Waals surface area contributed by atoms with Gasteiger partial charge in [0.25, 0.3) is 0 Å². The molecule has 0 unspecified atom stereocenters. The molecule has 0 radical (unpaired) electrons. The van der Waals surface area contributed by atoms with Gasteiger partial charge in [0.15, 0.2) is 0 Å². The molecule has 0 rings (SSSR count). The summed E-state index contributed by atoms with van der Waals surface area (Å²) in [5.41, 5.74) is 0. The Kier molecular flexibility index (Phi) is 1540. The third kappa shape index (κ3) is 141. The molecule has 17 heteroatoms. The molecule has 0 nitrogen and oxygen atoms in total. The first-order valence-corrected chi connectivity index (χ1v) is 0. The maximum Gasteiger partial charge on any atom is 0 e. The third-order valence-electron chi connectivity index (χ3n) is 0. The van der Waals surface area contributed by atoms with Crippen LogP contribution in [-0.4, -0.2) is 0 Å². The Bertz CT molecular complexity index is 0. The number of hydrogen-bond acceptors (Lipinski definition) is 0. The van der Waals surface area contributed by atoms with Gasteiger partial charge in [-0.05, 0) is 0 Å². The van der Waals surface area contributed by atoms with E-state index < -0.39 is 0 Å². The molecule has 0 heterocycles. The molecule has 0 N–H and O–H groups in total. The van der Waals surface area contributed by atoms with Crippen LogP contribution in [-0.2, 0) is 336 Å². The van der Waals surface area contributed by atoms with Gasteiger partial charge in [-0.1, -0.05) is 0 Å². The van der Waals surface area contributed by atoms with E-state index in [2.05, 4.69) is 0 Å².